The van der Waals surface area contributed by atoms with Crippen LogP contribution in [0.15, 0.2) is 66.9 Å². The van der Waals surface area contributed by atoms with E-state index >= 15 is 0 Å². The van der Waals surface area contributed by atoms with Crippen molar-refractivity contribution in [2.75, 3.05) is 36.5 Å². The van der Waals surface area contributed by atoms with Crippen LogP contribution in [0.5, 0.6) is 11.6 Å². The fraction of sp³-hybridized carbons (Fsp3) is 0.300. The van der Waals surface area contributed by atoms with Crippen molar-refractivity contribution in [3.8, 4) is 17.3 Å². The first kappa shape index (κ1) is 28.6. The second-order valence-corrected chi connectivity index (χ2v) is 10.7. The number of carbonyl (C=O) groups excluding carboxylic acids is 1. The zero-order valence-electron chi connectivity index (χ0n) is 23.7. The van der Waals surface area contributed by atoms with Crippen LogP contribution in [0.25, 0.3) is 5.69 Å². The molecule has 3 heterocycles. The molecule has 0 spiro atoms. The molecular weight excluding hydrogens is 538 g/mol. The minimum atomic E-state index is -1.05. The maximum atomic E-state index is 13.1. The van der Waals surface area contributed by atoms with Gasteiger partial charge in [0.1, 0.15) is 11.6 Å². The largest absolute Gasteiger partial charge is 0.478 e. The van der Waals surface area contributed by atoms with Crippen molar-refractivity contribution < 1.29 is 24.2 Å². The summed E-state index contributed by atoms with van der Waals surface area (Å²) in [6.45, 7) is 8.87. The van der Waals surface area contributed by atoms with Gasteiger partial charge in [-0.25, -0.2) is 19.3 Å². The number of nitrogens with one attached hydrogen (secondary N) is 2. The lowest BCUT2D eigenvalue weighted by atomic mass is 9.92. The predicted octanol–water partition coefficient (Wildman–Crippen LogP) is 4.61. The number of amides is 2. The first-order valence-electron chi connectivity index (χ1n) is 13.6. The molecule has 2 aromatic heterocycles. The van der Waals surface area contributed by atoms with E-state index in [1.54, 1.807) is 30.5 Å². The SMILES string of the molecule is CC(C)(C)c1cc(NC(=O)NCc2ccccc2Oc2ccnc(N3CCOCC3)n2)n(-c2cccc(C(=O)O)c2)n1. The number of anilines is 2. The Kier molecular flexibility index (Phi) is 8.34. The van der Waals surface area contributed by atoms with Crippen LogP contribution in [0.1, 0.15) is 42.4 Å². The Balaban J connectivity index is 1.30. The van der Waals surface area contributed by atoms with Crippen molar-refractivity contribution in [2.24, 2.45) is 0 Å². The summed E-state index contributed by atoms with van der Waals surface area (Å²) >= 11 is 0. The van der Waals surface area contributed by atoms with Crippen molar-refractivity contribution in [1.29, 1.82) is 0 Å². The number of carbonyl (C=O) groups is 2. The molecule has 42 heavy (non-hydrogen) atoms. The van der Waals surface area contributed by atoms with E-state index in [1.165, 1.54) is 16.8 Å². The summed E-state index contributed by atoms with van der Waals surface area (Å²) < 4.78 is 13.0. The van der Waals surface area contributed by atoms with Crippen LogP contribution in [-0.4, -0.2) is 63.2 Å². The fourth-order valence-corrected chi connectivity index (χ4v) is 4.31. The number of ether oxygens (including phenoxy) is 2. The zero-order chi connectivity index (χ0) is 29.7. The molecule has 12 nitrogen and oxygen atoms in total. The first-order valence-corrected chi connectivity index (χ1v) is 13.6. The number of morpholine rings is 1. The van der Waals surface area contributed by atoms with Crippen molar-refractivity contribution >= 4 is 23.8 Å². The maximum Gasteiger partial charge on any atom is 0.335 e. The Bertz CT molecular complexity index is 1570. The number of urea groups is 1. The minimum Gasteiger partial charge on any atom is -0.478 e. The van der Waals surface area contributed by atoms with Crippen molar-refractivity contribution in [2.45, 2.75) is 32.7 Å². The van der Waals surface area contributed by atoms with Crippen molar-refractivity contribution in [3.63, 3.8) is 0 Å². The molecule has 0 bridgehead atoms. The van der Waals surface area contributed by atoms with E-state index in [2.05, 4.69) is 25.7 Å². The average Bonchev–Trinajstić information content (AvgIpc) is 3.42. The van der Waals surface area contributed by atoms with Gasteiger partial charge in [-0.2, -0.15) is 10.1 Å². The molecule has 12 heteroatoms. The third-order valence-corrected chi connectivity index (χ3v) is 6.59. The van der Waals surface area contributed by atoms with Gasteiger partial charge in [0.15, 0.2) is 0 Å². The van der Waals surface area contributed by atoms with Gasteiger partial charge in [-0.15, -0.1) is 0 Å². The average molecular weight is 572 g/mol. The summed E-state index contributed by atoms with van der Waals surface area (Å²) in [6, 6.07) is 16.8. The summed E-state index contributed by atoms with van der Waals surface area (Å²) in [5.41, 5.74) is 1.81. The van der Waals surface area contributed by atoms with Crippen LogP contribution < -0.4 is 20.3 Å². The molecule has 1 fully saturated rings. The summed E-state index contributed by atoms with van der Waals surface area (Å²) in [4.78, 5) is 35.5. The number of nitrogens with zero attached hydrogens (tertiary/aromatic N) is 5. The Morgan fingerprint density at radius 2 is 1.83 bits per heavy atom. The van der Waals surface area contributed by atoms with E-state index < -0.39 is 12.0 Å². The Hall–Kier alpha value is -4.97. The summed E-state index contributed by atoms with van der Waals surface area (Å²) in [7, 11) is 0. The zero-order valence-corrected chi connectivity index (χ0v) is 23.7. The highest BCUT2D eigenvalue weighted by Crippen LogP contribution is 2.28. The van der Waals surface area contributed by atoms with Crippen LogP contribution in [-0.2, 0) is 16.7 Å². The molecule has 3 N–H and O–H groups in total. The van der Waals surface area contributed by atoms with E-state index in [0.717, 1.165) is 11.3 Å². The Morgan fingerprint density at radius 3 is 2.60 bits per heavy atom. The van der Waals surface area contributed by atoms with Gasteiger partial charge in [-0.3, -0.25) is 5.32 Å². The van der Waals surface area contributed by atoms with Gasteiger partial charge in [0.05, 0.1) is 30.2 Å². The lowest BCUT2D eigenvalue weighted by Crippen LogP contribution is -2.37. The van der Waals surface area contributed by atoms with E-state index in [9.17, 15) is 14.7 Å². The van der Waals surface area contributed by atoms with Gasteiger partial charge >= 0.3 is 12.0 Å². The van der Waals surface area contributed by atoms with Gasteiger partial charge in [0.25, 0.3) is 0 Å². The number of rotatable bonds is 8. The summed E-state index contributed by atoms with van der Waals surface area (Å²) in [5.74, 6) is 0.875. The molecule has 0 aliphatic carbocycles. The van der Waals surface area contributed by atoms with E-state index in [-0.39, 0.29) is 17.5 Å². The molecule has 2 amide bonds. The van der Waals surface area contributed by atoms with Crippen molar-refractivity contribution in [3.05, 3.63) is 83.7 Å². The lowest BCUT2D eigenvalue weighted by Gasteiger charge is -2.26. The number of hydrogen-bond acceptors (Lipinski definition) is 8. The molecule has 1 aliphatic rings. The molecule has 1 saturated heterocycles. The Labute approximate surface area is 243 Å². The second kappa shape index (κ2) is 12.3. The quantitative estimate of drug-likeness (QED) is 0.276. The summed E-state index contributed by atoms with van der Waals surface area (Å²) in [6.07, 6.45) is 1.66. The third kappa shape index (κ3) is 6.84. The minimum absolute atomic E-state index is 0.119. The van der Waals surface area contributed by atoms with Crippen LogP contribution in [0.2, 0.25) is 0 Å². The van der Waals surface area contributed by atoms with Crippen LogP contribution in [0.4, 0.5) is 16.6 Å². The highest BCUT2D eigenvalue weighted by molar-refractivity contribution is 5.90. The Morgan fingerprint density at radius 1 is 1.05 bits per heavy atom. The number of para-hydroxylation sites is 1. The topological polar surface area (TPSA) is 144 Å². The smallest absolute Gasteiger partial charge is 0.335 e. The van der Waals surface area contributed by atoms with Gasteiger partial charge < -0.3 is 24.8 Å². The van der Waals surface area contributed by atoms with E-state index in [0.29, 0.717) is 55.4 Å². The fourth-order valence-electron chi connectivity index (χ4n) is 4.31. The van der Waals surface area contributed by atoms with Gasteiger partial charge in [0.2, 0.25) is 11.8 Å². The standard InChI is InChI=1S/C30H33N7O5/c1-30(2,3)24-18-25(37(35-24)22-9-6-8-20(17-22)27(38)39)33-29(40)32-19-21-7-4-5-10-23(21)42-26-11-12-31-28(34-26)36-13-15-41-16-14-36/h4-12,17-18H,13-16,19H2,1-3H3,(H,38,39)(H2,32,33,40). The number of aromatic carboxylic acids is 1. The van der Waals surface area contributed by atoms with Crippen molar-refractivity contribution in [1.82, 2.24) is 25.1 Å². The number of carboxylic acids is 1. The van der Waals surface area contributed by atoms with E-state index in [1.807, 2.05) is 49.9 Å². The summed E-state index contributed by atoms with van der Waals surface area (Å²) in [5, 5.41) is 19.8. The van der Waals surface area contributed by atoms with E-state index in [4.69, 9.17) is 9.47 Å². The number of aromatic nitrogens is 4. The molecule has 0 radical (unpaired) electrons. The molecule has 0 atom stereocenters. The van der Waals surface area contributed by atoms with Gasteiger partial charge in [-0.05, 0) is 24.3 Å². The normalized spacial score (nSPS) is 13.5. The monoisotopic (exact) mass is 571 g/mol. The predicted molar refractivity (Wildman–Crippen MR) is 157 cm³/mol. The molecular formula is C30H33N7O5. The molecule has 2 aromatic carbocycles. The van der Waals surface area contributed by atoms with Crippen LogP contribution in [0.3, 0.4) is 0 Å². The lowest BCUT2D eigenvalue weighted by molar-refractivity contribution is 0.0696. The second-order valence-electron chi connectivity index (χ2n) is 10.7. The molecule has 0 saturated carbocycles. The molecule has 4 aromatic rings. The van der Waals surface area contributed by atoms with Crippen LogP contribution in [0, 0.1) is 0 Å². The van der Waals surface area contributed by atoms with Gasteiger partial charge in [-0.1, -0.05) is 45.0 Å². The number of hydrogen-bond donors (Lipinski definition) is 3. The molecule has 1 aliphatic heterocycles. The number of benzene rings is 2. The highest BCUT2D eigenvalue weighted by atomic mass is 16.5. The highest BCUT2D eigenvalue weighted by Gasteiger charge is 2.22. The number of carboxylic acid groups (broad SMARTS) is 1. The van der Waals surface area contributed by atoms with Crippen LogP contribution >= 0.6 is 0 Å². The first-order chi connectivity index (χ1) is 20.2. The molecule has 5 rings (SSSR count). The molecule has 0 unspecified atom stereocenters. The molecule has 218 valence electrons. The third-order valence-electron chi connectivity index (χ3n) is 6.59. The maximum absolute atomic E-state index is 13.1. The van der Waals surface area contributed by atoms with Gasteiger partial charge in [0, 0.05) is 48.9 Å².